The topological polar surface area (TPSA) is 80.4 Å². The summed E-state index contributed by atoms with van der Waals surface area (Å²) >= 11 is 1.19. The molecule has 1 heterocycles. The zero-order valence-electron chi connectivity index (χ0n) is 9.75. The fourth-order valence-corrected chi connectivity index (χ4v) is 5.04. The molecule has 0 bridgehead atoms. The molecule has 0 spiro atoms. The van der Waals surface area contributed by atoms with Crippen LogP contribution in [-0.4, -0.2) is 25.1 Å². The summed E-state index contributed by atoms with van der Waals surface area (Å²) in [5.41, 5.74) is 6.24. The molecule has 1 amide bonds. The Kier molecular flexibility index (Phi) is 3.25. The number of hydrogen-bond acceptors (Lipinski definition) is 3. The van der Waals surface area contributed by atoms with E-state index < -0.39 is 20.0 Å². The molecule has 0 aromatic carbocycles. The highest BCUT2D eigenvalue weighted by atomic mass is 32.1. The third-order valence-electron chi connectivity index (χ3n) is 2.27. The normalized spacial score (nSPS) is 11.5. The average Bonchev–Trinajstić information content (AvgIpc) is 2.41. The molecule has 0 aliphatic rings. The van der Waals surface area contributed by atoms with Crippen LogP contribution >= 0.6 is 11.3 Å². The summed E-state index contributed by atoms with van der Waals surface area (Å²) < 4.78 is 0.870. The quantitative estimate of drug-likeness (QED) is 0.803. The second kappa shape index (κ2) is 4.02. The molecule has 0 aliphatic heterocycles. The fraction of sp³-hybridized carbons (Fsp3) is 0.400. The molecule has 0 unspecified atom stereocenters. The third-order valence-corrected chi connectivity index (χ3v) is 7.12. The number of carboxylic acid groups (broad SMARTS) is 1. The molecule has 6 heteroatoms. The van der Waals surface area contributed by atoms with Gasteiger partial charge in [-0.2, -0.15) is 0 Å². The first-order chi connectivity index (χ1) is 7.16. The average molecular weight is 257 g/mol. The molecular weight excluding hydrogens is 242 g/mol. The molecule has 3 N–H and O–H groups in total. The SMILES string of the molecule is Cc1c(C(=O)O)sc([Si](C)(C)C)c1C(N)=O. The van der Waals surface area contributed by atoms with Crippen molar-refractivity contribution in [3.63, 3.8) is 0 Å². The Labute approximate surface area is 99.1 Å². The number of hydrogen-bond donors (Lipinski definition) is 2. The van der Waals surface area contributed by atoms with E-state index in [0.717, 1.165) is 4.50 Å². The Morgan fingerprint density at radius 3 is 2.06 bits per heavy atom. The summed E-state index contributed by atoms with van der Waals surface area (Å²) in [6, 6.07) is 0. The van der Waals surface area contributed by atoms with Crippen molar-refractivity contribution in [1.82, 2.24) is 0 Å². The van der Waals surface area contributed by atoms with E-state index in [-0.39, 0.29) is 4.88 Å². The molecule has 0 fully saturated rings. The minimum atomic E-state index is -1.74. The number of carbonyl (C=O) groups is 2. The molecule has 0 saturated heterocycles. The summed E-state index contributed by atoms with van der Waals surface area (Å²) in [6.45, 7) is 7.84. The largest absolute Gasteiger partial charge is 0.477 e. The van der Waals surface area contributed by atoms with Gasteiger partial charge < -0.3 is 10.8 Å². The van der Waals surface area contributed by atoms with Crippen LogP contribution in [0.15, 0.2) is 0 Å². The van der Waals surface area contributed by atoms with Crippen LogP contribution in [0.2, 0.25) is 19.6 Å². The van der Waals surface area contributed by atoms with Crippen molar-refractivity contribution in [3.8, 4) is 0 Å². The smallest absolute Gasteiger partial charge is 0.346 e. The molecule has 1 rings (SSSR count). The molecule has 0 aliphatic carbocycles. The summed E-state index contributed by atoms with van der Waals surface area (Å²) in [7, 11) is -1.74. The van der Waals surface area contributed by atoms with Gasteiger partial charge in [0.25, 0.3) is 0 Å². The molecule has 0 atom stereocenters. The van der Waals surface area contributed by atoms with Gasteiger partial charge in [-0.05, 0) is 12.5 Å². The number of rotatable bonds is 3. The third kappa shape index (κ3) is 2.17. The Balaban J connectivity index is 3.56. The van der Waals surface area contributed by atoms with Crippen LogP contribution in [0.5, 0.6) is 0 Å². The van der Waals surface area contributed by atoms with Crippen LogP contribution in [-0.2, 0) is 0 Å². The molecule has 1 aromatic rings. The van der Waals surface area contributed by atoms with E-state index in [2.05, 4.69) is 19.6 Å². The molecule has 88 valence electrons. The highest BCUT2D eigenvalue weighted by molar-refractivity contribution is 7.28. The zero-order valence-corrected chi connectivity index (χ0v) is 11.6. The van der Waals surface area contributed by atoms with Crippen molar-refractivity contribution in [2.24, 2.45) is 5.73 Å². The van der Waals surface area contributed by atoms with E-state index in [1.54, 1.807) is 6.92 Å². The van der Waals surface area contributed by atoms with Crippen molar-refractivity contribution in [1.29, 1.82) is 0 Å². The minimum Gasteiger partial charge on any atom is -0.477 e. The number of primary amides is 1. The number of carboxylic acids is 1. The second-order valence-electron chi connectivity index (χ2n) is 4.68. The lowest BCUT2D eigenvalue weighted by molar-refractivity contribution is 0.0701. The van der Waals surface area contributed by atoms with Crippen LogP contribution in [0, 0.1) is 6.92 Å². The van der Waals surface area contributed by atoms with Crippen molar-refractivity contribution in [2.75, 3.05) is 0 Å². The van der Waals surface area contributed by atoms with Crippen LogP contribution < -0.4 is 10.2 Å². The molecule has 1 aromatic heterocycles. The Bertz CT molecular complexity index is 459. The van der Waals surface area contributed by atoms with Crippen molar-refractivity contribution < 1.29 is 14.7 Å². The first-order valence-corrected chi connectivity index (χ1v) is 9.15. The van der Waals surface area contributed by atoms with E-state index in [4.69, 9.17) is 10.8 Å². The van der Waals surface area contributed by atoms with Gasteiger partial charge in [-0.1, -0.05) is 19.6 Å². The molecule has 4 nitrogen and oxygen atoms in total. The van der Waals surface area contributed by atoms with Crippen molar-refractivity contribution in [3.05, 3.63) is 16.0 Å². The number of nitrogens with two attached hydrogens (primary N) is 1. The molecule has 16 heavy (non-hydrogen) atoms. The highest BCUT2D eigenvalue weighted by Gasteiger charge is 2.30. The molecule has 0 saturated carbocycles. The number of amides is 1. The van der Waals surface area contributed by atoms with Gasteiger partial charge in [0.15, 0.2) is 0 Å². The van der Waals surface area contributed by atoms with Crippen LogP contribution in [0.4, 0.5) is 0 Å². The van der Waals surface area contributed by atoms with E-state index in [1.165, 1.54) is 11.3 Å². The summed E-state index contributed by atoms with van der Waals surface area (Å²) in [4.78, 5) is 22.6. The summed E-state index contributed by atoms with van der Waals surface area (Å²) in [6.07, 6.45) is 0. The summed E-state index contributed by atoms with van der Waals surface area (Å²) in [5, 5.41) is 9.02. The van der Waals surface area contributed by atoms with Crippen molar-refractivity contribution >= 4 is 35.8 Å². The number of aromatic carboxylic acids is 1. The maximum Gasteiger partial charge on any atom is 0.346 e. The Morgan fingerprint density at radius 1 is 1.31 bits per heavy atom. The lowest BCUT2D eigenvalue weighted by Crippen LogP contribution is -2.40. The minimum absolute atomic E-state index is 0.228. The van der Waals surface area contributed by atoms with Gasteiger partial charge in [0.2, 0.25) is 5.91 Å². The van der Waals surface area contributed by atoms with E-state index >= 15 is 0 Å². The van der Waals surface area contributed by atoms with Crippen LogP contribution in [0.3, 0.4) is 0 Å². The second-order valence-corrected chi connectivity index (χ2v) is 11.1. The van der Waals surface area contributed by atoms with E-state index in [1.807, 2.05) is 0 Å². The van der Waals surface area contributed by atoms with E-state index in [0.29, 0.717) is 11.1 Å². The van der Waals surface area contributed by atoms with Crippen molar-refractivity contribution in [2.45, 2.75) is 26.6 Å². The summed E-state index contributed by atoms with van der Waals surface area (Å²) in [5.74, 6) is -1.52. The lowest BCUT2D eigenvalue weighted by atomic mass is 10.1. The standard InChI is InChI=1S/C10H15NO3SSi/c1-5-6(8(11)12)10(16(2,3)4)15-7(5)9(13)14/h1-4H3,(H2,11,12)(H,13,14). The van der Waals surface area contributed by atoms with Gasteiger partial charge in [-0.25, -0.2) is 4.79 Å². The van der Waals surface area contributed by atoms with Gasteiger partial charge in [0.05, 0.1) is 13.6 Å². The first-order valence-electron chi connectivity index (χ1n) is 4.83. The van der Waals surface area contributed by atoms with Gasteiger partial charge in [0.1, 0.15) is 4.88 Å². The van der Waals surface area contributed by atoms with Gasteiger partial charge >= 0.3 is 5.97 Å². The molecular formula is C10H15NO3SSi. The predicted molar refractivity (Wildman–Crippen MR) is 67.5 cm³/mol. The fourth-order valence-electron chi connectivity index (χ4n) is 1.54. The zero-order chi connectivity index (χ0) is 12.7. The Morgan fingerprint density at radius 2 is 1.81 bits per heavy atom. The molecule has 0 radical (unpaired) electrons. The van der Waals surface area contributed by atoms with E-state index in [9.17, 15) is 9.59 Å². The Hall–Kier alpha value is -1.14. The lowest BCUT2D eigenvalue weighted by Gasteiger charge is -2.15. The van der Waals surface area contributed by atoms with Gasteiger partial charge in [-0.15, -0.1) is 11.3 Å². The monoisotopic (exact) mass is 257 g/mol. The maximum absolute atomic E-state index is 11.4. The highest BCUT2D eigenvalue weighted by Crippen LogP contribution is 2.23. The van der Waals surface area contributed by atoms with Gasteiger partial charge in [0, 0.05) is 4.50 Å². The maximum atomic E-state index is 11.4. The predicted octanol–water partition coefficient (Wildman–Crippen LogP) is 1.40. The van der Waals surface area contributed by atoms with Crippen LogP contribution in [0.1, 0.15) is 25.6 Å². The number of carbonyl (C=O) groups excluding carboxylic acids is 1. The van der Waals surface area contributed by atoms with Crippen LogP contribution in [0.25, 0.3) is 0 Å². The first kappa shape index (κ1) is 12.9. The van der Waals surface area contributed by atoms with Gasteiger partial charge in [-0.3, -0.25) is 4.79 Å². The number of thiophene rings is 1.